The number of benzene rings is 2. The number of aryl methyl sites for hydroxylation is 1. The maximum Gasteiger partial charge on any atom is 0.253 e. The summed E-state index contributed by atoms with van der Waals surface area (Å²) in [6, 6.07) is 14.5. The molecule has 0 atom stereocenters. The van der Waals surface area contributed by atoms with E-state index in [0.717, 1.165) is 64.2 Å². The number of fused-ring (bicyclic) bond motifs is 1. The van der Waals surface area contributed by atoms with Crippen molar-refractivity contribution in [3.63, 3.8) is 0 Å². The highest BCUT2D eigenvalue weighted by Gasteiger charge is 2.37. The molecule has 4 rings (SSSR count). The van der Waals surface area contributed by atoms with Crippen LogP contribution in [0.15, 0.2) is 48.5 Å². The fraction of sp³-hybridized carbons (Fsp3) is 0.552. The van der Waals surface area contributed by atoms with E-state index in [2.05, 4.69) is 43.0 Å². The molecule has 0 radical (unpaired) electrons. The van der Waals surface area contributed by atoms with Crippen LogP contribution in [0.2, 0.25) is 0 Å². The van der Waals surface area contributed by atoms with Crippen molar-refractivity contribution in [1.82, 2.24) is 9.80 Å². The largest absolute Gasteiger partial charge is 0.492 e. The molecule has 1 fully saturated rings. The Morgan fingerprint density at radius 1 is 1.03 bits per heavy atom. The predicted molar refractivity (Wildman–Crippen MR) is 135 cm³/mol. The molecule has 0 unspecified atom stereocenters. The number of nitrogens with zero attached hydrogens (tertiary/aromatic N) is 2. The Balaban J connectivity index is 1.46. The van der Waals surface area contributed by atoms with Gasteiger partial charge in [-0.1, -0.05) is 44.5 Å². The molecule has 2 aliphatic rings. The molecule has 1 saturated heterocycles. The van der Waals surface area contributed by atoms with E-state index < -0.39 is 0 Å². The zero-order valence-electron chi connectivity index (χ0n) is 20.8. The van der Waals surface area contributed by atoms with Crippen molar-refractivity contribution in [2.75, 3.05) is 39.3 Å². The number of piperidine rings is 1. The number of likely N-dealkylation sites (tertiary alicyclic amines) is 1. The molecule has 0 saturated carbocycles. The fourth-order valence-electron chi connectivity index (χ4n) is 5.65. The first kappa shape index (κ1) is 24.7. The topological polar surface area (TPSA) is 32.8 Å². The highest BCUT2D eigenvalue weighted by atomic mass is 19.1. The molecule has 2 aromatic carbocycles. The van der Waals surface area contributed by atoms with Gasteiger partial charge in [-0.15, -0.1) is 0 Å². The van der Waals surface area contributed by atoms with Gasteiger partial charge >= 0.3 is 0 Å². The first-order chi connectivity index (χ1) is 16.4. The molecule has 4 nitrogen and oxygen atoms in total. The lowest BCUT2D eigenvalue weighted by Gasteiger charge is -2.45. The third-order valence-corrected chi connectivity index (χ3v) is 7.41. The molecule has 2 aromatic rings. The molecule has 0 aromatic heterocycles. The molecular weight excluding hydrogens is 427 g/mol. The fourth-order valence-corrected chi connectivity index (χ4v) is 5.65. The maximum atomic E-state index is 13.7. The Morgan fingerprint density at radius 3 is 2.59 bits per heavy atom. The first-order valence-electron chi connectivity index (χ1n) is 12.9. The number of carbonyl (C=O) groups excluding carboxylic acids is 1. The number of amides is 1. The van der Waals surface area contributed by atoms with Crippen LogP contribution in [0.3, 0.4) is 0 Å². The molecule has 1 amide bonds. The lowest BCUT2D eigenvalue weighted by molar-refractivity contribution is 0.0354. The van der Waals surface area contributed by atoms with Crippen molar-refractivity contribution in [3.8, 4) is 5.75 Å². The summed E-state index contributed by atoms with van der Waals surface area (Å²) >= 11 is 0. The smallest absolute Gasteiger partial charge is 0.253 e. The van der Waals surface area contributed by atoms with Crippen LogP contribution in [-0.4, -0.2) is 55.0 Å². The zero-order valence-corrected chi connectivity index (χ0v) is 20.8. The predicted octanol–water partition coefficient (Wildman–Crippen LogP) is 5.81. The van der Waals surface area contributed by atoms with Gasteiger partial charge in [-0.05, 0) is 73.3 Å². The Kier molecular flexibility index (Phi) is 8.25. The maximum absolute atomic E-state index is 13.7. The van der Waals surface area contributed by atoms with E-state index in [1.54, 1.807) is 12.1 Å². The highest BCUT2D eigenvalue weighted by molar-refractivity contribution is 5.94. The molecule has 2 heterocycles. The van der Waals surface area contributed by atoms with Crippen molar-refractivity contribution in [2.24, 2.45) is 11.3 Å². The monoisotopic (exact) mass is 466 g/mol. The van der Waals surface area contributed by atoms with E-state index >= 15 is 0 Å². The van der Waals surface area contributed by atoms with Crippen LogP contribution in [0.5, 0.6) is 5.75 Å². The number of hydrogen-bond donors (Lipinski definition) is 0. The van der Waals surface area contributed by atoms with Crippen molar-refractivity contribution < 1.29 is 13.9 Å². The lowest BCUT2D eigenvalue weighted by atomic mass is 9.73. The van der Waals surface area contributed by atoms with Crippen molar-refractivity contribution in [1.29, 1.82) is 0 Å². The van der Waals surface area contributed by atoms with Crippen molar-refractivity contribution >= 4 is 5.91 Å². The third-order valence-electron chi connectivity index (χ3n) is 7.41. The minimum atomic E-state index is -0.355. The number of rotatable bonds is 3. The van der Waals surface area contributed by atoms with Crippen LogP contribution in [-0.2, 0) is 6.42 Å². The van der Waals surface area contributed by atoms with Crippen LogP contribution in [0.4, 0.5) is 4.39 Å². The third kappa shape index (κ3) is 6.38. The second-order valence-corrected chi connectivity index (χ2v) is 10.6. The van der Waals surface area contributed by atoms with Crippen LogP contribution in [0.25, 0.3) is 0 Å². The van der Waals surface area contributed by atoms with Gasteiger partial charge in [0, 0.05) is 38.3 Å². The van der Waals surface area contributed by atoms with Crippen molar-refractivity contribution in [2.45, 2.75) is 52.4 Å². The van der Waals surface area contributed by atoms with Gasteiger partial charge in [-0.25, -0.2) is 4.39 Å². The van der Waals surface area contributed by atoms with E-state index in [1.165, 1.54) is 30.5 Å². The minimum Gasteiger partial charge on any atom is -0.492 e. The van der Waals surface area contributed by atoms with Gasteiger partial charge in [0.05, 0.1) is 0 Å². The summed E-state index contributed by atoms with van der Waals surface area (Å²) in [4.78, 5) is 17.5. The standard InChI is InChI=1S/C29H39FN2O2/c1-23(2)21-31-18-19-34-27-12-4-3-8-24(27)9-5-6-13-29(22-31)14-16-32(17-15-29)28(33)25-10-7-11-26(30)20-25/h3-4,7-8,10-12,20,23H,5-6,9,13-19,21-22H2,1-2H3. The van der Waals surface area contributed by atoms with Crippen LogP contribution in [0.1, 0.15) is 61.9 Å². The summed E-state index contributed by atoms with van der Waals surface area (Å²) in [5, 5.41) is 0. The number of ether oxygens (including phenoxy) is 1. The summed E-state index contributed by atoms with van der Waals surface area (Å²) in [7, 11) is 0. The zero-order chi connectivity index (χ0) is 24.0. The molecule has 0 aliphatic carbocycles. The van der Waals surface area contributed by atoms with Gasteiger partial charge in [-0.2, -0.15) is 0 Å². The SMILES string of the molecule is CC(C)CN1CCOc2ccccc2CCCCC2(CCN(C(=O)c3cccc(F)c3)CC2)C1. The number of para-hydroxylation sites is 1. The summed E-state index contributed by atoms with van der Waals surface area (Å²) in [6.07, 6.45) is 6.57. The van der Waals surface area contributed by atoms with Crippen molar-refractivity contribution in [3.05, 3.63) is 65.5 Å². The second kappa shape index (κ2) is 11.4. The molecule has 1 spiro atoms. The van der Waals surface area contributed by atoms with Crippen LogP contribution in [0, 0.1) is 17.2 Å². The van der Waals surface area contributed by atoms with Gasteiger partial charge in [0.1, 0.15) is 18.2 Å². The number of carbonyl (C=O) groups is 1. The Morgan fingerprint density at radius 2 is 1.82 bits per heavy atom. The molecular formula is C29H39FN2O2. The summed E-state index contributed by atoms with van der Waals surface area (Å²) < 4.78 is 19.9. The summed E-state index contributed by atoms with van der Waals surface area (Å²) in [5.41, 5.74) is 1.97. The number of hydrogen-bond acceptors (Lipinski definition) is 3. The van der Waals surface area contributed by atoms with Crippen LogP contribution >= 0.6 is 0 Å². The molecule has 5 heteroatoms. The molecule has 34 heavy (non-hydrogen) atoms. The van der Waals surface area contributed by atoms with E-state index in [1.807, 2.05) is 4.90 Å². The second-order valence-electron chi connectivity index (χ2n) is 10.6. The molecule has 0 N–H and O–H groups in total. The van der Waals surface area contributed by atoms with Gasteiger partial charge in [-0.3, -0.25) is 9.69 Å². The quantitative estimate of drug-likeness (QED) is 0.572. The van der Waals surface area contributed by atoms with Gasteiger partial charge < -0.3 is 9.64 Å². The molecule has 2 aliphatic heterocycles. The van der Waals surface area contributed by atoms with Crippen LogP contribution < -0.4 is 4.74 Å². The summed E-state index contributed by atoms with van der Waals surface area (Å²) in [5.74, 6) is 1.22. The summed E-state index contributed by atoms with van der Waals surface area (Å²) in [6.45, 7) is 9.76. The Hall–Kier alpha value is -2.40. The molecule has 184 valence electrons. The Bertz CT molecular complexity index is 953. The van der Waals surface area contributed by atoms with E-state index in [-0.39, 0.29) is 17.1 Å². The lowest BCUT2D eigenvalue weighted by Crippen LogP contribution is -2.49. The van der Waals surface area contributed by atoms with Gasteiger partial charge in [0.15, 0.2) is 0 Å². The minimum absolute atomic E-state index is 0.0495. The molecule has 0 bridgehead atoms. The average molecular weight is 467 g/mol. The normalized spacial score (nSPS) is 19.7. The number of halogens is 1. The van der Waals surface area contributed by atoms with Gasteiger partial charge in [0.25, 0.3) is 5.91 Å². The van der Waals surface area contributed by atoms with E-state index in [9.17, 15) is 9.18 Å². The van der Waals surface area contributed by atoms with E-state index in [0.29, 0.717) is 18.1 Å². The average Bonchev–Trinajstić information content (AvgIpc) is 2.81. The Labute approximate surface area is 204 Å². The highest BCUT2D eigenvalue weighted by Crippen LogP contribution is 2.39. The first-order valence-corrected chi connectivity index (χ1v) is 12.9. The van der Waals surface area contributed by atoms with Gasteiger partial charge in [0.2, 0.25) is 0 Å². The van der Waals surface area contributed by atoms with E-state index in [4.69, 9.17) is 4.74 Å².